The summed E-state index contributed by atoms with van der Waals surface area (Å²) in [4.78, 5) is 12.8. The predicted molar refractivity (Wildman–Crippen MR) is 89.1 cm³/mol. The molecule has 1 amide bonds. The van der Waals surface area contributed by atoms with Crippen molar-refractivity contribution >= 4 is 40.4 Å². The van der Waals surface area contributed by atoms with Crippen molar-refractivity contribution in [2.24, 2.45) is 11.1 Å². The summed E-state index contributed by atoms with van der Waals surface area (Å²) in [5.74, 6) is -0.980. The highest BCUT2D eigenvalue weighted by Gasteiger charge is 2.40. The van der Waals surface area contributed by atoms with Gasteiger partial charge in [-0.15, -0.1) is 0 Å². The lowest BCUT2D eigenvalue weighted by Gasteiger charge is -2.31. The van der Waals surface area contributed by atoms with E-state index in [4.69, 9.17) is 29.6 Å². The summed E-state index contributed by atoms with van der Waals surface area (Å²) in [7, 11) is 0. The van der Waals surface area contributed by atoms with Crippen LogP contribution in [0.3, 0.4) is 0 Å². The first-order valence-corrected chi connectivity index (χ1v) is 7.73. The Morgan fingerprint density at radius 3 is 2.38 bits per heavy atom. The minimum absolute atomic E-state index is 0.0306. The molecule has 21 heavy (non-hydrogen) atoms. The number of benzene rings is 1. The van der Waals surface area contributed by atoms with Crippen LogP contribution in [0.4, 0.5) is 10.1 Å². The zero-order chi connectivity index (χ0) is 16.0. The van der Waals surface area contributed by atoms with Crippen molar-refractivity contribution in [3.63, 3.8) is 0 Å². The molecule has 0 aromatic heterocycles. The number of hydrogen-bond acceptors (Lipinski definition) is 2. The first-order chi connectivity index (χ1) is 9.89. The maximum atomic E-state index is 13.8. The molecule has 1 rings (SSSR count). The maximum absolute atomic E-state index is 13.8. The van der Waals surface area contributed by atoms with E-state index >= 15 is 0 Å². The molecule has 1 aromatic carbocycles. The van der Waals surface area contributed by atoms with Crippen LogP contribution in [0.5, 0.6) is 0 Å². The first-order valence-electron chi connectivity index (χ1n) is 6.94. The Kier molecular flexibility index (Phi) is 6.55. The van der Waals surface area contributed by atoms with Crippen LogP contribution in [0.15, 0.2) is 18.2 Å². The van der Waals surface area contributed by atoms with Crippen molar-refractivity contribution in [3.05, 3.63) is 29.0 Å². The van der Waals surface area contributed by atoms with Gasteiger partial charge < -0.3 is 11.1 Å². The fraction of sp³-hybridized carbons (Fsp3) is 0.467. The second-order valence-corrected chi connectivity index (χ2v) is 5.84. The Morgan fingerprint density at radius 2 is 1.95 bits per heavy atom. The van der Waals surface area contributed by atoms with E-state index in [1.165, 1.54) is 18.2 Å². The van der Waals surface area contributed by atoms with Crippen LogP contribution in [0.2, 0.25) is 5.02 Å². The lowest BCUT2D eigenvalue weighted by atomic mass is 9.78. The van der Waals surface area contributed by atoms with E-state index in [9.17, 15) is 9.18 Å². The average molecular weight is 331 g/mol. The molecule has 3 N–H and O–H groups in total. The minimum Gasteiger partial charge on any atom is -0.392 e. The molecular formula is C15H20ClFN2OS. The minimum atomic E-state index is -0.968. The van der Waals surface area contributed by atoms with E-state index in [2.05, 4.69) is 5.32 Å². The number of rotatable bonds is 7. The average Bonchev–Trinajstić information content (AvgIpc) is 2.42. The smallest absolute Gasteiger partial charge is 0.237 e. The van der Waals surface area contributed by atoms with Crippen LogP contribution < -0.4 is 11.1 Å². The maximum Gasteiger partial charge on any atom is 0.237 e. The van der Waals surface area contributed by atoms with E-state index in [-0.39, 0.29) is 15.7 Å². The molecule has 0 aliphatic carbocycles. The zero-order valence-electron chi connectivity index (χ0n) is 12.2. The van der Waals surface area contributed by atoms with E-state index in [1.807, 2.05) is 13.8 Å². The summed E-state index contributed by atoms with van der Waals surface area (Å²) in [6.07, 6.45) is 2.54. The molecule has 0 heterocycles. The summed E-state index contributed by atoms with van der Waals surface area (Å²) in [5.41, 5.74) is 4.82. The van der Waals surface area contributed by atoms with Crippen molar-refractivity contribution in [2.45, 2.75) is 39.5 Å². The molecule has 6 heteroatoms. The van der Waals surface area contributed by atoms with Gasteiger partial charge in [-0.3, -0.25) is 4.79 Å². The predicted octanol–water partition coefficient (Wildman–Crippen LogP) is 4.29. The largest absolute Gasteiger partial charge is 0.392 e. The van der Waals surface area contributed by atoms with Gasteiger partial charge in [0, 0.05) is 0 Å². The molecule has 1 aromatic rings. The highest BCUT2D eigenvalue weighted by atomic mass is 35.5. The molecule has 0 aliphatic heterocycles. The van der Waals surface area contributed by atoms with Gasteiger partial charge in [0.25, 0.3) is 0 Å². The fourth-order valence-electron chi connectivity index (χ4n) is 2.41. The zero-order valence-corrected chi connectivity index (χ0v) is 13.8. The summed E-state index contributed by atoms with van der Waals surface area (Å²) in [5, 5.41) is 2.70. The van der Waals surface area contributed by atoms with Crippen LogP contribution in [-0.2, 0) is 4.79 Å². The highest BCUT2D eigenvalue weighted by Crippen LogP contribution is 2.34. The summed E-state index contributed by atoms with van der Waals surface area (Å²) < 4.78 is 13.8. The summed E-state index contributed by atoms with van der Waals surface area (Å²) in [6.45, 7) is 3.90. The van der Waals surface area contributed by atoms with E-state index in [0.29, 0.717) is 12.8 Å². The van der Waals surface area contributed by atoms with E-state index in [0.717, 1.165) is 12.8 Å². The van der Waals surface area contributed by atoms with E-state index in [1.54, 1.807) is 0 Å². The van der Waals surface area contributed by atoms with Gasteiger partial charge in [-0.1, -0.05) is 56.6 Å². The third-order valence-corrected chi connectivity index (χ3v) is 4.17. The molecule has 0 bridgehead atoms. The second kappa shape index (κ2) is 7.71. The number of hydrogen-bond donors (Lipinski definition) is 2. The number of anilines is 1. The number of amides is 1. The van der Waals surface area contributed by atoms with Gasteiger partial charge in [0.15, 0.2) is 0 Å². The van der Waals surface area contributed by atoms with Crippen molar-refractivity contribution in [1.29, 1.82) is 0 Å². The van der Waals surface area contributed by atoms with E-state index < -0.39 is 17.1 Å². The van der Waals surface area contributed by atoms with Crippen LogP contribution in [0.25, 0.3) is 0 Å². The van der Waals surface area contributed by atoms with Gasteiger partial charge >= 0.3 is 0 Å². The number of nitrogens with two attached hydrogens (primary N) is 1. The highest BCUT2D eigenvalue weighted by molar-refractivity contribution is 7.80. The molecule has 0 radical (unpaired) electrons. The number of nitrogens with one attached hydrogen (secondary N) is 1. The van der Waals surface area contributed by atoms with Crippen LogP contribution in [-0.4, -0.2) is 10.9 Å². The van der Waals surface area contributed by atoms with Crippen LogP contribution >= 0.6 is 23.8 Å². The SMILES string of the molecule is CCCC(CCC)(C(=O)Nc1c(F)cccc1Cl)C(N)=S. The molecule has 0 aliphatic rings. The van der Waals surface area contributed by atoms with Gasteiger partial charge in [0.05, 0.1) is 21.1 Å². The number of halogens is 2. The third-order valence-electron chi connectivity index (χ3n) is 3.46. The van der Waals surface area contributed by atoms with Gasteiger partial charge in [-0.2, -0.15) is 0 Å². The Bertz CT molecular complexity index is 510. The topological polar surface area (TPSA) is 55.1 Å². The monoisotopic (exact) mass is 330 g/mol. The van der Waals surface area contributed by atoms with Gasteiger partial charge in [-0.25, -0.2) is 4.39 Å². The Hall–Kier alpha value is -1.20. The fourth-order valence-corrected chi connectivity index (χ4v) is 2.92. The number of thiocarbonyl (C=S) groups is 1. The second-order valence-electron chi connectivity index (χ2n) is 5.00. The molecule has 116 valence electrons. The summed E-state index contributed by atoms with van der Waals surface area (Å²) in [6, 6.07) is 4.23. The van der Waals surface area contributed by atoms with Gasteiger partial charge in [0.1, 0.15) is 5.82 Å². The molecule has 0 spiro atoms. The van der Waals surface area contributed by atoms with Gasteiger partial charge in [-0.05, 0) is 25.0 Å². The molecule has 0 unspecified atom stereocenters. The number of carbonyl (C=O) groups is 1. The van der Waals surface area contributed by atoms with Crippen molar-refractivity contribution in [3.8, 4) is 0 Å². The molecule has 0 fully saturated rings. The van der Waals surface area contributed by atoms with Crippen molar-refractivity contribution in [2.75, 3.05) is 5.32 Å². The molecule has 0 saturated heterocycles. The normalized spacial score (nSPS) is 11.2. The Morgan fingerprint density at radius 1 is 1.38 bits per heavy atom. The first kappa shape index (κ1) is 17.9. The summed E-state index contributed by atoms with van der Waals surface area (Å²) >= 11 is 11.0. The molecular weight excluding hydrogens is 311 g/mol. The van der Waals surface area contributed by atoms with Crippen molar-refractivity contribution < 1.29 is 9.18 Å². The van der Waals surface area contributed by atoms with Crippen molar-refractivity contribution in [1.82, 2.24) is 0 Å². The Labute approximate surface area is 135 Å². The lowest BCUT2D eigenvalue weighted by Crippen LogP contribution is -2.46. The molecule has 0 saturated carbocycles. The molecule has 3 nitrogen and oxygen atoms in total. The number of para-hydroxylation sites is 1. The lowest BCUT2D eigenvalue weighted by molar-refractivity contribution is -0.122. The quantitative estimate of drug-likeness (QED) is 0.733. The number of carbonyl (C=O) groups excluding carboxylic acids is 1. The standard InChI is InChI=1S/C15H20ClFN2OS/c1-3-8-15(9-4-2,13(18)21)14(20)19-12-10(16)6-5-7-11(12)17/h5-7H,3-4,8-9H2,1-2H3,(H2,18,21)(H,19,20). The van der Waals surface area contributed by atoms with Gasteiger partial charge in [0.2, 0.25) is 5.91 Å². The van der Waals surface area contributed by atoms with Crippen LogP contribution in [0.1, 0.15) is 39.5 Å². The van der Waals surface area contributed by atoms with Crippen LogP contribution in [0, 0.1) is 11.2 Å². The molecule has 0 atom stereocenters. The third kappa shape index (κ3) is 3.92. The Balaban J connectivity index is 3.14.